The molecule has 3 rings (SSSR count). The first kappa shape index (κ1) is 14.6. The van der Waals surface area contributed by atoms with Crippen LogP contribution in [-0.4, -0.2) is 37.9 Å². The number of fused-ring (bicyclic) bond motifs is 1. The van der Waals surface area contributed by atoms with Crippen molar-refractivity contribution in [1.82, 2.24) is 9.47 Å². The Bertz CT molecular complexity index is 783. The van der Waals surface area contributed by atoms with Crippen molar-refractivity contribution in [2.75, 3.05) is 7.05 Å². The molecule has 1 aromatic heterocycles. The van der Waals surface area contributed by atoms with Gasteiger partial charge < -0.3 is 14.6 Å². The molecule has 22 heavy (non-hydrogen) atoms. The lowest BCUT2D eigenvalue weighted by atomic mass is 10.0. The smallest absolute Gasteiger partial charge is 0.305 e. The molecule has 1 saturated heterocycles. The number of likely N-dealkylation sites (N-methyl/N-ethyl adjacent to an activating group) is 1. The van der Waals surface area contributed by atoms with Gasteiger partial charge in [-0.1, -0.05) is 12.1 Å². The third kappa shape index (κ3) is 2.37. The highest BCUT2D eigenvalue weighted by Gasteiger charge is 2.39. The maximum Gasteiger partial charge on any atom is 0.305 e. The van der Waals surface area contributed by atoms with E-state index in [0.29, 0.717) is 6.54 Å². The molecule has 7 heteroatoms. The van der Waals surface area contributed by atoms with Crippen LogP contribution in [0.1, 0.15) is 18.0 Å². The van der Waals surface area contributed by atoms with E-state index in [1.807, 2.05) is 35.0 Å². The van der Waals surface area contributed by atoms with Crippen molar-refractivity contribution < 1.29 is 19.5 Å². The Hall–Kier alpha value is -2.28. The molecule has 1 fully saturated rings. The van der Waals surface area contributed by atoms with Crippen molar-refractivity contribution in [2.24, 2.45) is 0 Å². The van der Waals surface area contributed by atoms with Crippen molar-refractivity contribution in [3.63, 3.8) is 0 Å². The Kier molecular flexibility index (Phi) is 3.66. The van der Waals surface area contributed by atoms with Gasteiger partial charge in [-0.25, -0.2) is 0 Å². The van der Waals surface area contributed by atoms with Gasteiger partial charge in [0.2, 0.25) is 5.12 Å². The van der Waals surface area contributed by atoms with Crippen LogP contribution < -0.4 is 0 Å². The van der Waals surface area contributed by atoms with Crippen molar-refractivity contribution in [2.45, 2.75) is 19.0 Å². The number of carbonyl (C=O) groups excluding carboxylic acids is 2. The number of benzene rings is 1. The SMILES string of the molecule is CN1C(=O)SC(=O)C1c1cccc2c1ccn2CCC(=O)O. The molecule has 0 radical (unpaired) electrons. The molecule has 1 N–H and O–H groups in total. The van der Waals surface area contributed by atoms with Crippen molar-refractivity contribution in [3.8, 4) is 0 Å². The van der Waals surface area contributed by atoms with E-state index >= 15 is 0 Å². The van der Waals surface area contributed by atoms with E-state index in [1.165, 1.54) is 4.90 Å². The number of carboxylic acid groups (broad SMARTS) is 1. The normalized spacial score (nSPS) is 18.4. The summed E-state index contributed by atoms with van der Waals surface area (Å²) >= 11 is 0.725. The first-order valence-corrected chi connectivity index (χ1v) is 7.58. The van der Waals surface area contributed by atoms with Crippen LogP contribution in [0.15, 0.2) is 30.5 Å². The second kappa shape index (κ2) is 5.49. The van der Waals surface area contributed by atoms with Gasteiger partial charge >= 0.3 is 5.97 Å². The van der Waals surface area contributed by atoms with Crippen LogP contribution in [0.2, 0.25) is 0 Å². The summed E-state index contributed by atoms with van der Waals surface area (Å²) in [4.78, 5) is 35.9. The third-order valence-corrected chi connectivity index (χ3v) is 4.68. The molecule has 1 aliphatic rings. The molecule has 1 amide bonds. The van der Waals surface area contributed by atoms with Crippen LogP contribution in [0.4, 0.5) is 4.79 Å². The highest BCUT2D eigenvalue weighted by Crippen LogP contribution is 2.38. The largest absolute Gasteiger partial charge is 0.481 e. The molecule has 1 aliphatic heterocycles. The Morgan fingerprint density at radius 3 is 2.73 bits per heavy atom. The van der Waals surface area contributed by atoms with E-state index in [9.17, 15) is 14.4 Å². The van der Waals surface area contributed by atoms with Gasteiger partial charge in [-0.2, -0.15) is 0 Å². The average Bonchev–Trinajstić information content (AvgIpc) is 2.99. The number of thioether (sulfide) groups is 1. The molecule has 0 spiro atoms. The maximum absolute atomic E-state index is 12.1. The number of hydrogen-bond donors (Lipinski definition) is 1. The van der Waals surface area contributed by atoms with Crippen LogP contribution in [0.5, 0.6) is 0 Å². The summed E-state index contributed by atoms with van der Waals surface area (Å²) in [6.45, 7) is 0.365. The van der Waals surface area contributed by atoms with E-state index in [2.05, 4.69) is 0 Å². The highest BCUT2D eigenvalue weighted by atomic mass is 32.2. The summed E-state index contributed by atoms with van der Waals surface area (Å²) in [7, 11) is 1.62. The molecule has 1 unspecified atom stereocenters. The monoisotopic (exact) mass is 318 g/mol. The Morgan fingerprint density at radius 2 is 2.09 bits per heavy atom. The topological polar surface area (TPSA) is 79.6 Å². The first-order valence-electron chi connectivity index (χ1n) is 6.77. The molecule has 0 bridgehead atoms. The second-order valence-corrected chi connectivity index (χ2v) is 6.09. The lowest BCUT2D eigenvalue weighted by Crippen LogP contribution is -2.23. The van der Waals surface area contributed by atoms with Gasteiger partial charge in [-0.15, -0.1) is 0 Å². The summed E-state index contributed by atoms with van der Waals surface area (Å²) in [5.74, 6) is -0.856. The standard InChI is InChI=1S/C15H14N2O4S/c1-16-13(14(20)22-15(16)21)10-3-2-4-11-9(10)5-7-17(11)8-6-12(18)19/h2-5,7,13H,6,8H2,1H3,(H,18,19). The summed E-state index contributed by atoms with van der Waals surface area (Å²) in [6, 6.07) is 6.82. The number of carboxylic acids is 1. The fraction of sp³-hybridized carbons (Fsp3) is 0.267. The second-order valence-electron chi connectivity index (χ2n) is 5.13. The van der Waals surface area contributed by atoms with E-state index in [-0.39, 0.29) is 16.8 Å². The van der Waals surface area contributed by atoms with Gasteiger partial charge in [-0.3, -0.25) is 14.4 Å². The zero-order chi connectivity index (χ0) is 15.9. The van der Waals surface area contributed by atoms with Crippen LogP contribution in [-0.2, 0) is 16.1 Å². The molecule has 114 valence electrons. The summed E-state index contributed by atoms with van der Waals surface area (Å²) in [5.41, 5.74) is 1.64. The minimum atomic E-state index is -0.856. The average molecular weight is 318 g/mol. The molecule has 2 heterocycles. The molecule has 6 nitrogen and oxygen atoms in total. The minimum absolute atomic E-state index is 0.0323. The molecule has 0 saturated carbocycles. The Balaban J connectivity index is 2.03. The number of amides is 1. The van der Waals surface area contributed by atoms with Crippen LogP contribution in [0.3, 0.4) is 0 Å². The van der Waals surface area contributed by atoms with Gasteiger partial charge in [0.1, 0.15) is 6.04 Å². The summed E-state index contributed by atoms with van der Waals surface area (Å²) < 4.78 is 1.85. The predicted molar refractivity (Wildman–Crippen MR) is 82.7 cm³/mol. The predicted octanol–water partition coefficient (Wildman–Crippen LogP) is 2.48. The number of aliphatic carboxylic acids is 1. The summed E-state index contributed by atoms with van der Waals surface area (Å²) in [5, 5.41) is 9.24. The third-order valence-electron chi connectivity index (χ3n) is 3.80. The number of aromatic nitrogens is 1. The van der Waals surface area contributed by atoms with E-state index in [1.54, 1.807) is 7.05 Å². The van der Waals surface area contributed by atoms with Gasteiger partial charge in [0.15, 0.2) is 0 Å². The van der Waals surface area contributed by atoms with Crippen molar-refractivity contribution in [1.29, 1.82) is 0 Å². The number of rotatable bonds is 4. The first-order chi connectivity index (χ1) is 10.5. The fourth-order valence-electron chi connectivity index (χ4n) is 2.71. The zero-order valence-corrected chi connectivity index (χ0v) is 12.7. The molecule has 1 aromatic carbocycles. The molecule has 0 aliphatic carbocycles. The molecular weight excluding hydrogens is 304 g/mol. The molecular formula is C15H14N2O4S. The van der Waals surface area contributed by atoms with E-state index in [0.717, 1.165) is 28.2 Å². The van der Waals surface area contributed by atoms with Crippen molar-refractivity contribution >= 4 is 39.0 Å². The number of aryl methyl sites for hydroxylation is 1. The Labute approximate surface area is 130 Å². The van der Waals surface area contributed by atoms with Gasteiger partial charge in [0, 0.05) is 42.5 Å². The van der Waals surface area contributed by atoms with Crippen LogP contribution in [0.25, 0.3) is 10.9 Å². The fourth-order valence-corrected chi connectivity index (χ4v) is 3.53. The number of hydrogen-bond acceptors (Lipinski definition) is 4. The lowest BCUT2D eigenvalue weighted by Gasteiger charge is -2.18. The lowest BCUT2D eigenvalue weighted by molar-refractivity contribution is -0.137. The van der Waals surface area contributed by atoms with E-state index in [4.69, 9.17) is 5.11 Å². The van der Waals surface area contributed by atoms with Crippen molar-refractivity contribution in [3.05, 3.63) is 36.0 Å². The molecule has 1 atom stereocenters. The minimum Gasteiger partial charge on any atom is -0.481 e. The quantitative estimate of drug-likeness (QED) is 0.937. The van der Waals surface area contributed by atoms with Gasteiger partial charge in [-0.05, 0) is 17.7 Å². The molecule has 2 aromatic rings. The number of carbonyl (C=O) groups is 3. The van der Waals surface area contributed by atoms with Gasteiger partial charge in [0.05, 0.1) is 6.42 Å². The van der Waals surface area contributed by atoms with Gasteiger partial charge in [0.25, 0.3) is 5.24 Å². The van der Waals surface area contributed by atoms with E-state index < -0.39 is 12.0 Å². The van der Waals surface area contributed by atoms with Crippen LogP contribution in [0, 0.1) is 0 Å². The Morgan fingerprint density at radius 1 is 1.32 bits per heavy atom. The van der Waals surface area contributed by atoms with Crippen LogP contribution >= 0.6 is 11.8 Å². The maximum atomic E-state index is 12.1. The zero-order valence-electron chi connectivity index (χ0n) is 11.9. The highest BCUT2D eigenvalue weighted by molar-refractivity contribution is 8.26. The number of nitrogens with zero attached hydrogens (tertiary/aromatic N) is 2. The summed E-state index contributed by atoms with van der Waals surface area (Å²) in [6.07, 6.45) is 1.84.